The van der Waals surface area contributed by atoms with Gasteiger partial charge < -0.3 is 24.7 Å². The minimum atomic E-state index is 0.687. The molecule has 0 bridgehead atoms. The number of benzene rings is 1. The minimum absolute atomic E-state index is 0.687. The fourth-order valence-corrected chi connectivity index (χ4v) is 2.43. The Morgan fingerprint density at radius 2 is 1.96 bits per heavy atom. The molecule has 0 atom stereocenters. The molecule has 2 heterocycles. The molecule has 3 aromatic rings. The quantitative estimate of drug-likeness (QED) is 0.754. The van der Waals surface area contributed by atoms with Crippen molar-refractivity contribution in [3.05, 3.63) is 30.5 Å². The Balaban J connectivity index is 1.97. The number of methoxy groups -OCH3 is 2. The van der Waals surface area contributed by atoms with Crippen molar-refractivity contribution in [3.63, 3.8) is 0 Å². The van der Waals surface area contributed by atoms with Crippen molar-refractivity contribution < 1.29 is 9.47 Å². The molecule has 120 valence electrons. The number of nitrogens with one attached hydrogen (secondary N) is 2. The van der Waals surface area contributed by atoms with Crippen LogP contribution >= 0.6 is 0 Å². The molecule has 0 aliphatic carbocycles. The molecular formula is C16H19N5O2. The maximum absolute atomic E-state index is 5.39. The Labute approximate surface area is 134 Å². The lowest BCUT2D eigenvalue weighted by Crippen LogP contribution is -1.99. The summed E-state index contributed by atoms with van der Waals surface area (Å²) in [5, 5.41) is 6.32. The summed E-state index contributed by atoms with van der Waals surface area (Å²) in [4.78, 5) is 8.86. The highest BCUT2D eigenvalue weighted by molar-refractivity contribution is 5.81. The van der Waals surface area contributed by atoms with E-state index in [9.17, 15) is 0 Å². The lowest BCUT2D eigenvalue weighted by atomic mass is 10.2. The van der Waals surface area contributed by atoms with Gasteiger partial charge in [-0.05, 0) is 12.1 Å². The normalized spacial score (nSPS) is 10.6. The van der Waals surface area contributed by atoms with Crippen molar-refractivity contribution in [3.8, 4) is 11.5 Å². The van der Waals surface area contributed by atoms with Crippen molar-refractivity contribution in [2.24, 2.45) is 7.05 Å². The number of aromatic nitrogens is 3. The van der Waals surface area contributed by atoms with Crippen molar-refractivity contribution >= 4 is 28.5 Å². The first-order valence-electron chi connectivity index (χ1n) is 7.15. The number of hydrogen-bond acceptors (Lipinski definition) is 6. The Morgan fingerprint density at radius 1 is 1.13 bits per heavy atom. The van der Waals surface area contributed by atoms with Gasteiger partial charge in [-0.1, -0.05) is 0 Å². The molecule has 0 amide bonds. The summed E-state index contributed by atoms with van der Waals surface area (Å²) in [6.07, 6.45) is 1.74. The van der Waals surface area contributed by atoms with Gasteiger partial charge in [-0.25, -0.2) is 9.97 Å². The van der Waals surface area contributed by atoms with Crippen LogP contribution in [-0.4, -0.2) is 35.8 Å². The minimum Gasteiger partial charge on any atom is -0.497 e. The summed E-state index contributed by atoms with van der Waals surface area (Å²) in [6, 6.07) is 7.54. The third-order valence-corrected chi connectivity index (χ3v) is 3.66. The zero-order chi connectivity index (χ0) is 16.4. The number of imidazole rings is 1. The van der Waals surface area contributed by atoms with Crippen LogP contribution in [0.5, 0.6) is 11.5 Å². The number of aryl methyl sites for hydroxylation is 1. The SMILES string of the molecule is CNc1nc2cnc(Nc3ccc(OC)cc3OC)cc2n1C. The van der Waals surface area contributed by atoms with Crippen molar-refractivity contribution in [2.75, 3.05) is 31.9 Å². The number of hydrogen-bond donors (Lipinski definition) is 2. The molecule has 0 spiro atoms. The van der Waals surface area contributed by atoms with Crippen LogP contribution in [0.25, 0.3) is 11.0 Å². The molecule has 23 heavy (non-hydrogen) atoms. The van der Waals surface area contributed by atoms with Crippen LogP contribution in [-0.2, 0) is 7.05 Å². The molecule has 2 N–H and O–H groups in total. The first kappa shape index (κ1) is 15.0. The van der Waals surface area contributed by atoms with Crippen LogP contribution in [0.2, 0.25) is 0 Å². The number of nitrogens with zero attached hydrogens (tertiary/aromatic N) is 3. The molecule has 0 aliphatic rings. The van der Waals surface area contributed by atoms with Crippen LogP contribution in [0.15, 0.2) is 30.5 Å². The number of pyridine rings is 1. The van der Waals surface area contributed by atoms with Crippen LogP contribution in [0.4, 0.5) is 17.5 Å². The Morgan fingerprint density at radius 3 is 2.65 bits per heavy atom. The summed E-state index contributed by atoms with van der Waals surface area (Å²) in [6.45, 7) is 0. The van der Waals surface area contributed by atoms with Crippen molar-refractivity contribution in [1.82, 2.24) is 14.5 Å². The third kappa shape index (κ3) is 2.73. The maximum atomic E-state index is 5.39. The number of fused-ring (bicyclic) bond motifs is 1. The summed E-state index contributed by atoms with van der Waals surface area (Å²) in [7, 11) is 7.05. The molecule has 0 saturated carbocycles. The van der Waals surface area contributed by atoms with Gasteiger partial charge in [0, 0.05) is 26.2 Å². The van der Waals surface area contributed by atoms with Gasteiger partial charge in [0.05, 0.1) is 31.6 Å². The molecule has 0 radical (unpaired) electrons. The van der Waals surface area contributed by atoms with Crippen molar-refractivity contribution in [1.29, 1.82) is 0 Å². The molecule has 0 aliphatic heterocycles. The van der Waals surface area contributed by atoms with Gasteiger partial charge in [-0.15, -0.1) is 0 Å². The van der Waals surface area contributed by atoms with Crippen LogP contribution in [0.3, 0.4) is 0 Å². The fraction of sp³-hybridized carbons (Fsp3) is 0.250. The van der Waals surface area contributed by atoms with Gasteiger partial charge in [0.1, 0.15) is 22.8 Å². The summed E-state index contributed by atoms with van der Waals surface area (Å²) >= 11 is 0. The summed E-state index contributed by atoms with van der Waals surface area (Å²) in [5.74, 6) is 2.93. The van der Waals surface area contributed by atoms with Crippen LogP contribution < -0.4 is 20.1 Å². The van der Waals surface area contributed by atoms with E-state index in [-0.39, 0.29) is 0 Å². The van der Waals surface area contributed by atoms with Gasteiger partial charge in [-0.2, -0.15) is 0 Å². The average molecular weight is 313 g/mol. The van der Waals surface area contributed by atoms with Gasteiger partial charge in [0.25, 0.3) is 0 Å². The third-order valence-electron chi connectivity index (χ3n) is 3.66. The average Bonchev–Trinajstić information content (AvgIpc) is 2.91. The van der Waals surface area contributed by atoms with Crippen LogP contribution in [0, 0.1) is 0 Å². The Kier molecular flexibility index (Phi) is 3.92. The molecule has 7 heteroatoms. The van der Waals surface area contributed by atoms with E-state index in [1.807, 2.05) is 42.9 Å². The van der Waals surface area contributed by atoms with Crippen molar-refractivity contribution in [2.45, 2.75) is 0 Å². The predicted octanol–water partition coefficient (Wildman–Crippen LogP) is 2.77. The van der Waals surface area contributed by atoms with E-state index in [0.29, 0.717) is 11.6 Å². The van der Waals surface area contributed by atoms with Gasteiger partial charge in [0.15, 0.2) is 0 Å². The highest BCUT2D eigenvalue weighted by atomic mass is 16.5. The predicted molar refractivity (Wildman–Crippen MR) is 90.9 cm³/mol. The molecule has 3 rings (SSSR count). The topological polar surface area (TPSA) is 73.2 Å². The zero-order valence-electron chi connectivity index (χ0n) is 13.5. The second-order valence-electron chi connectivity index (χ2n) is 4.99. The monoisotopic (exact) mass is 313 g/mol. The van der Waals surface area contributed by atoms with Crippen LogP contribution in [0.1, 0.15) is 0 Å². The molecule has 0 saturated heterocycles. The lowest BCUT2D eigenvalue weighted by Gasteiger charge is -2.12. The molecule has 7 nitrogen and oxygen atoms in total. The van der Waals surface area contributed by atoms with E-state index in [2.05, 4.69) is 20.6 Å². The van der Waals surface area contributed by atoms with E-state index in [1.54, 1.807) is 20.4 Å². The molecule has 0 fully saturated rings. The van der Waals surface area contributed by atoms with E-state index < -0.39 is 0 Å². The number of rotatable bonds is 5. The smallest absolute Gasteiger partial charge is 0.203 e. The first-order chi connectivity index (χ1) is 11.2. The number of anilines is 3. The Hall–Kier alpha value is -2.96. The number of ether oxygens (including phenoxy) is 2. The van der Waals surface area contributed by atoms with E-state index in [0.717, 1.165) is 28.4 Å². The maximum Gasteiger partial charge on any atom is 0.203 e. The van der Waals surface area contributed by atoms with E-state index >= 15 is 0 Å². The van der Waals surface area contributed by atoms with Gasteiger partial charge in [0.2, 0.25) is 5.95 Å². The van der Waals surface area contributed by atoms with E-state index in [1.165, 1.54) is 0 Å². The van der Waals surface area contributed by atoms with Gasteiger partial charge in [-0.3, -0.25) is 0 Å². The lowest BCUT2D eigenvalue weighted by molar-refractivity contribution is 0.395. The highest BCUT2D eigenvalue weighted by Gasteiger charge is 2.10. The highest BCUT2D eigenvalue weighted by Crippen LogP contribution is 2.31. The Bertz CT molecular complexity index is 844. The summed E-state index contributed by atoms with van der Waals surface area (Å²) in [5.41, 5.74) is 2.64. The largest absolute Gasteiger partial charge is 0.497 e. The van der Waals surface area contributed by atoms with Gasteiger partial charge >= 0.3 is 0 Å². The van der Waals surface area contributed by atoms with E-state index in [4.69, 9.17) is 9.47 Å². The molecule has 0 unspecified atom stereocenters. The molecule has 1 aromatic carbocycles. The standard InChI is InChI=1S/C16H19N5O2/c1-17-16-20-12-9-18-15(8-13(12)21(16)2)19-11-6-5-10(22-3)7-14(11)23-4/h5-9H,1-4H3,(H,17,20)(H,18,19). The summed E-state index contributed by atoms with van der Waals surface area (Å²) < 4.78 is 12.6. The fourth-order valence-electron chi connectivity index (χ4n) is 2.43. The second-order valence-corrected chi connectivity index (χ2v) is 4.99. The zero-order valence-corrected chi connectivity index (χ0v) is 13.5. The first-order valence-corrected chi connectivity index (χ1v) is 7.15. The second kappa shape index (κ2) is 6.04. The molecule has 2 aromatic heterocycles. The molecular weight excluding hydrogens is 294 g/mol.